The topological polar surface area (TPSA) is 27.7 Å². The molecule has 2 aliphatic heterocycles. The number of ether oxygens (including phenoxy) is 3. The molecule has 0 aliphatic carbocycles. The minimum Gasteiger partial charge on any atom is -0.498 e. The van der Waals surface area contributed by atoms with Crippen molar-refractivity contribution in [2.24, 2.45) is 0 Å². The Labute approximate surface area is 97.8 Å². The predicted molar refractivity (Wildman–Crippen MR) is 62.0 cm³/mol. The summed E-state index contributed by atoms with van der Waals surface area (Å²) in [4.78, 5) is 0. The highest BCUT2D eigenvalue weighted by molar-refractivity contribution is 5.00. The molecule has 0 N–H and O–H groups in total. The van der Waals surface area contributed by atoms with E-state index in [9.17, 15) is 0 Å². The average Bonchev–Trinajstić information content (AvgIpc) is 2.67. The predicted octanol–water partition coefficient (Wildman–Crippen LogP) is 3.00. The van der Waals surface area contributed by atoms with E-state index in [0.29, 0.717) is 0 Å². The number of allylic oxidation sites excluding steroid dienone is 1. The smallest absolute Gasteiger partial charge is 0.164 e. The van der Waals surface area contributed by atoms with Gasteiger partial charge in [0.25, 0.3) is 0 Å². The second-order valence-electron chi connectivity index (χ2n) is 5.56. The maximum atomic E-state index is 5.92. The van der Waals surface area contributed by atoms with Crippen molar-refractivity contribution in [3.8, 4) is 0 Å². The molecule has 3 nitrogen and oxygen atoms in total. The van der Waals surface area contributed by atoms with Crippen molar-refractivity contribution in [2.45, 2.75) is 64.4 Å². The second-order valence-corrected chi connectivity index (χ2v) is 5.56. The third kappa shape index (κ3) is 2.58. The minimum absolute atomic E-state index is 0.146. The van der Waals surface area contributed by atoms with Crippen LogP contribution in [0.4, 0.5) is 0 Å². The molecular weight excluding hydrogens is 204 g/mol. The number of hydrogen-bond acceptors (Lipinski definition) is 3. The van der Waals surface area contributed by atoms with Crippen molar-refractivity contribution in [2.75, 3.05) is 6.61 Å². The van der Waals surface area contributed by atoms with E-state index < -0.39 is 5.79 Å². The third-order valence-corrected chi connectivity index (χ3v) is 3.14. The standard InChI is InChI=1S/C13H22O3/c1-12(2)11(15-13(3,4)16-12)8-7-10-6-5-9-14-10/h6,11H,5,7-9H2,1-4H3. The van der Waals surface area contributed by atoms with Crippen LogP contribution < -0.4 is 0 Å². The molecule has 1 saturated heterocycles. The van der Waals surface area contributed by atoms with Crippen molar-refractivity contribution in [3.63, 3.8) is 0 Å². The van der Waals surface area contributed by atoms with E-state index in [2.05, 4.69) is 19.9 Å². The lowest BCUT2D eigenvalue weighted by Gasteiger charge is -2.23. The fourth-order valence-corrected chi connectivity index (χ4v) is 2.53. The molecule has 0 radical (unpaired) electrons. The van der Waals surface area contributed by atoms with Gasteiger partial charge in [-0.3, -0.25) is 0 Å². The van der Waals surface area contributed by atoms with Gasteiger partial charge in [-0.25, -0.2) is 0 Å². The Bertz CT molecular complexity index is 292. The maximum Gasteiger partial charge on any atom is 0.164 e. The molecule has 0 aromatic carbocycles. The van der Waals surface area contributed by atoms with Gasteiger partial charge in [-0.2, -0.15) is 0 Å². The highest BCUT2D eigenvalue weighted by atomic mass is 16.8. The highest BCUT2D eigenvalue weighted by Gasteiger charge is 2.46. The zero-order valence-electron chi connectivity index (χ0n) is 10.7. The molecular formula is C13H22O3. The minimum atomic E-state index is -0.459. The lowest BCUT2D eigenvalue weighted by molar-refractivity contribution is -0.157. The first kappa shape index (κ1) is 11.9. The second kappa shape index (κ2) is 4.04. The molecule has 2 heterocycles. The summed E-state index contributed by atoms with van der Waals surface area (Å²) in [6, 6.07) is 0. The Morgan fingerprint density at radius 2 is 2.06 bits per heavy atom. The van der Waals surface area contributed by atoms with E-state index in [4.69, 9.17) is 14.2 Å². The molecule has 0 spiro atoms. The van der Waals surface area contributed by atoms with E-state index in [-0.39, 0.29) is 11.7 Å². The van der Waals surface area contributed by atoms with Crippen molar-refractivity contribution in [1.82, 2.24) is 0 Å². The third-order valence-electron chi connectivity index (χ3n) is 3.14. The average molecular weight is 226 g/mol. The Kier molecular flexibility index (Phi) is 3.01. The Morgan fingerprint density at radius 1 is 1.31 bits per heavy atom. The van der Waals surface area contributed by atoms with Crippen molar-refractivity contribution < 1.29 is 14.2 Å². The van der Waals surface area contributed by atoms with Crippen LogP contribution in [0.5, 0.6) is 0 Å². The molecule has 2 aliphatic rings. The molecule has 3 heteroatoms. The fraction of sp³-hybridized carbons (Fsp3) is 0.846. The van der Waals surface area contributed by atoms with Crippen LogP contribution in [0.2, 0.25) is 0 Å². The summed E-state index contributed by atoms with van der Waals surface area (Å²) >= 11 is 0. The molecule has 0 saturated carbocycles. The van der Waals surface area contributed by atoms with Crippen LogP contribution in [0, 0.1) is 0 Å². The summed E-state index contributed by atoms with van der Waals surface area (Å²) in [6.45, 7) is 8.97. The first-order chi connectivity index (χ1) is 7.39. The van der Waals surface area contributed by atoms with Crippen LogP contribution >= 0.6 is 0 Å². The van der Waals surface area contributed by atoms with Crippen molar-refractivity contribution in [1.29, 1.82) is 0 Å². The number of rotatable bonds is 3. The van der Waals surface area contributed by atoms with Gasteiger partial charge in [-0.05, 0) is 40.2 Å². The highest BCUT2D eigenvalue weighted by Crippen LogP contribution is 2.38. The van der Waals surface area contributed by atoms with Gasteiger partial charge in [-0.15, -0.1) is 0 Å². The Balaban J connectivity index is 1.89. The van der Waals surface area contributed by atoms with E-state index >= 15 is 0 Å². The lowest BCUT2D eigenvalue weighted by atomic mass is 9.97. The Morgan fingerprint density at radius 3 is 2.56 bits per heavy atom. The molecule has 2 rings (SSSR count). The zero-order valence-corrected chi connectivity index (χ0v) is 10.7. The summed E-state index contributed by atoms with van der Waals surface area (Å²) in [7, 11) is 0. The van der Waals surface area contributed by atoms with Gasteiger partial charge < -0.3 is 14.2 Å². The first-order valence-corrected chi connectivity index (χ1v) is 6.09. The SMILES string of the molecule is CC1(C)OC(CCC2=CCCO2)C(C)(C)O1. The molecule has 1 unspecified atom stereocenters. The van der Waals surface area contributed by atoms with E-state index in [1.54, 1.807) is 0 Å². The molecule has 16 heavy (non-hydrogen) atoms. The monoisotopic (exact) mass is 226 g/mol. The largest absolute Gasteiger partial charge is 0.498 e. The normalized spacial score (nSPS) is 31.2. The summed E-state index contributed by atoms with van der Waals surface area (Å²) in [5.74, 6) is 0.656. The zero-order chi connectivity index (χ0) is 11.8. The maximum absolute atomic E-state index is 5.92. The molecule has 0 bridgehead atoms. The van der Waals surface area contributed by atoms with Gasteiger partial charge >= 0.3 is 0 Å². The fourth-order valence-electron chi connectivity index (χ4n) is 2.53. The summed E-state index contributed by atoms with van der Waals surface area (Å²) in [5, 5.41) is 0. The van der Waals surface area contributed by atoms with Crippen LogP contribution in [0.25, 0.3) is 0 Å². The van der Waals surface area contributed by atoms with E-state index in [0.717, 1.165) is 31.6 Å². The van der Waals surface area contributed by atoms with Gasteiger partial charge in [0, 0.05) is 12.8 Å². The Hall–Kier alpha value is -0.540. The molecule has 0 amide bonds. The van der Waals surface area contributed by atoms with Crippen LogP contribution in [0.15, 0.2) is 11.8 Å². The first-order valence-electron chi connectivity index (χ1n) is 6.09. The van der Waals surface area contributed by atoms with Gasteiger partial charge in [-0.1, -0.05) is 0 Å². The van der Waals surface area contributed by atoms with E-state index in [1.807, 2.05) is 13.8 Å². The molecule has 1 fully saturated rings. The number of hydrogen-bond donors (Lipinski definition) is 0. The van der Waals surface area contributed by atoms with Gasteiger partial charge in [0.2, 0.25) is 0 Å². The quantitative estimate of drug-likeness (QED) is 0.740. The summed E-state index contributed by atoms with van der Waals surface area (Å²) < 4.78 is 17.3. The van der Waals surface area contributed by atoms with Crippen LogP contribution in [-0.2, 0) is 14.2 Å². The summed E-state index contributed by atoms with van der Waals surface area (Å²) in [5.41, 5.74) is -0.206. The van der Waals surface area contributed by atoms with E-state index in [1.165, 1.54) is 0 Å². The van der Waals surface area contributed by atoms with Crippen LogP contribution in [-0.4, -0.2) is 24.1 Å². The van der Waals surface area contributed by atoms with Gasteiger partial charge in [0.15, 0.2) is 5.79 Å². The van der Waals surface area contributed by atoms with Crippen molar-refractivity contribution in [3.05, 3.63) is 11.8 Å². The molecule has 0 aromatic rings. The lowest BCUT2D eigenvalue weighted by Crippen LogP contribution is -2.33. The van der Waals surface area contributed by atoms with Crippen LogP contribution in [0.1, 0.15) is 47.0 Å². The summed E-state index contributed by atoms with van der Waals surface area (Å²) in [6.07, 6.45) is 5.28. The van der Waals surface area contributed by atoms with Crippen LogP contribution in [0.3, 0.4) is 0 Å². The molecule has 92 valence electrons. The molecule has 1 atom stereocenters. The van der Waals surface area contributed by atoms with Gasteiger partial charge in [0.05, 0.1) is 24.1 Å². The van der Waals surface area contributed by atoms with Crippen molar-refractivity contribution >= 4 is 0 Å². The van der Waals surface area contributed by atoms with Gasteiger partial charge in [0.1, 0.15) is 0 Å². The molecule has 0 aromatic heterocycles.